The van der Waals surface area contributed by atoms with Crippen LogP contribution in [0.25, 0.3) is 0 Å². The molecule has 1 aliphatic heterocycles. The molecule has 7 heteroatoms. The van der Waals surface area contributed by atoms with E-state index in [2.05, 4.69) is 15.9 Å². The van der Waals surface area contributed by atoms with E-state index in [4.69, 9.17) is 0 Å². The van der Waals surface area contributed by atoms with Crippen molar-refractivity contribution in [2.45, 2.75) is 25.0 Å². The average Bonchev–Trinajstić information content (AvgIpc) is 2.18. The molecule has 0 aromatic heterocycles. The fourth-order valence-electron chi connectivity index (χ4n) is 1.76. The van der Waals surface area contributed by atoms with Crippen LogP contribution in [0.1, 0.15) is 19.3 Å². The summed E-state index contributed by atoms with van der Waals surface area (Å²) in [6.45, 7) is 0.462. The summed E-state index contributed by atoms with van der Waals surface area (Å²) in [6.07, 6.45) is 2.42. The monoisotopic (exact) mass is 305 g/mol. The van der Waals surface area contributed by atoms with Crippen LogP contribution in [0, 0.1) is 5.92 Å². The first-order chi connectivity index (χ1) is 6.98. The molecule has 0 radical (unpaired) electrons. The summed E-state index contributed by atoms with van der Waals surface area (Å²) in [5, 5.41) is 0.778. The molecular formula is C8H14BrF2NO2S. The third-order valence-electron chi connectivity index (χ3n) is 2.58. The van der Waals surface area contributed by atoms with Gasteiger partial charge in [0.25, 0.3) is 10.0 Å². The summed E-state index contributed by atoms with van der Waals surface area (Å²) in [4.78, 5) is 0. The number of piperidine rings is 1. The third-order valence-corrected chi connectivity index (χ3v) is 4.54. The van der Waals surface area contributed by atoms with Crippen molar-refractivity contribution in [1.82, 2.24) is 4.31 Å². The van der Waals surface area contributed by atoms with E-state index >= 15 is 0 Å². The minimum absolute atomic E-state index is 0.201. The quantitative estimate of drug-likeness (QED) is 0.745. The standard InChI is InChI=1S/C8H14BrF2NO2S/c9-4-3-7-2-1-5-12(6-7)15(13,14)8(10)11/h7-8H,1-6H2. The highest BCUT2D eigenvalue weighted by Gasteiger charge is 2.35. The van der Waals surface area contributed by atoms with Gasteiger partial charge in [0.15, 0.2) is 0 Å². The van der Waals surface area contributed by atoms with E-state index in [0.717, 1.165) is 22.5 Å². The van der Waals surface area contributed by atoms with E-state index in [9.17, 15) is 17.2 Å². The van der Waals surface area contributed by atoms with E-state index in [-0.39, 0.29) is 19.0 Å². The molecule has 15 heavy (non-hydrogen) atoms. The molecule has 1 heterocycles. The zero-order chi connectivity index (χ0) is 11.5. The number of nitrogens with zero attached hydrogens (tertiary/aromatic N) is 1. The number of halogens is 3. The molecule has 1 aliphatic rings. The smallest absolute Gasteiger partial charge is 0.206 e. The molecule has 0 aliphatic carbocycles. The molecule has 0 aromatic rings. The Morgan fingerprint density at radius 1 is 1.47 bits per heavy atom. The van der Waals surface area contributed by atoms with E-state index in [1.165, 1.54) is 0 Å². The van der Waals surface area contributed by atoms with Gasteiger partial charge < -0.3 is 0 Å². The normalized spacial score (nSPS) is 24.7. The summed E-state index contributed by atoms with van der Waals surface area (Å²) in [6, 6.07) is 0. The van der Waals surface area contributed by atoms with Gasteiger partial charge in [0.1, 0.15) is 0 Å². The van der Waals surface area contributed by atoms with Crippen molar-refractivity contribution < 1.29 is 17.2 Å². The highest BCUT2D eigenvalue weighted by atomic mass is 79.9. The maximum atomic E-state index is 12.3. The Kier molecular flexibility index (Phi) is 4.92. The number of hydrogen-bond acceptors (Lipinski definition) is 2. The first kappa shape index (κ1) is 13.3. The molecule has 0 aromatic carbocycles. The largest absolute Gasteiger partial charge is 0.350 e. The highest BCUT2D eigenvalue weighted by molar-refractivity contribution is 9.09. The molecule has 0 saturated carbocycles. The van der Waals surface area contributed by atoms with Gasteiger partial charge in [0, 0.05) is 18.4 Å². The second-order valence-corrected chi connectivity index (χ2v) is 6.35. The van der Waals surface area contributed by atoms with Gasteiger partial charge in [-0.3, -0.25) is 0 Å². The van der Waals surface area contributed by atoms with Crippen molar-refractivity contribution in [2.24, 2.45) is 5.92 Å². The van der Waals surface area contributed by atoms with Gasteiger partial charge in [0.05, 0.1) is 0 Å². The summed E-state index contributed by atoms with van der Waals surface area (Å²) in [7, 11) is -4.37. The highest BCUT2D eigenvalue weighted by Crippen LogP contribution is 2.24. The Morgan fingerprint density at radius 2 is 2.13 bits per heavy atom. The molecule has 0 spiro atoms. The molecule has 0 bridgehead atoms. The zero-order valence-corrected chi connectivity index (χ0v) is 10.6. The van der Waals surface area contributed by atoms with Crippen LogP contribution >= 0.6 is 15.9 Å². The van der Waals surface area contributed by atoms with Crippen LogP contribution in [0.5, 0.6) is 0 Å². The van der Waals surface area contributed by atoms with Crippen LogP contribution in [0.4, 0.5) is 8.78 Å². The lowest BCUT2D eigenvalue weighted by atomic mass is 9.97. The average molecular weight is 306 g/mol. The molecule has 0 N–H and O–H groups in total. The maximum absolute atomic E-state index is 12.3. The minimum Gasteiger partial charge on any atom is -0.206 e. The Labute approximate surface area is 97.0 Å². The molecule has 1 fully saturated rings. The number of sulfonamides is 1. The van der Waals surface area contributed by atoms with Crippen molar-refractivity contribution >= 4 is 26.0 Å². The second kappa shape index (κ2) is 5.54. The predicted octanol–water partition coefficient (Wildman–Crippen LogP) is 2.04. The SMILES string of the molecule is O=S(=O)(C(F)F)N1CCCC(CCBr)C1. The minimum atomic E-state index is -4.37. The first-order valence-electron chi connectivity index (χ1n) is 4.81. The van der Waals surface area contributed by atoms with Gasteiger partial charge in [-0.15, -0.1) is 0 Å². The Balaban J connectivity index is 2.64. The summed E-state index contributed by atoms with van der Waals surface area (Å²) >= 11 is 3.27. The molecule has 1 unspecified atom stereocenters. The van der Waals surface area contributed by atoms with Crippen LogP contribution in [0.2, 0.25) is 0 Å². The van der Waals surface area contributed by atoms with E-state index in [1.807, 2.05) is 0 Å². The van der Waals surface area contributed by atoms with Crippen LogP contribution in [0.3, 0.4) is 0 Å². The Bertz CT molecular complexity index is 295. The fraction of sp³-hybridized carbons (Fsp3) is 1.00. The van der Waals surface area contributed by atoms with Crippen LogP contribution in [-0.2, 0) is 10.0 Å². The summed E-state index contributed by atoms with van der Waals surface area (Å²) in [5.74, 6) is -3.09. The third kappa shape index (κ3) is 3.35. The van der Waals surface area contributed by atoms with E-state index < -0.39 is 15.8 Å². The van der Waals surface area contributed by atoms with Gasteiger partial charge in [-0.2, -0.15) is 13.1 Å². The summed E-state index contributed by atoms with van der Waals surface area (Å²) < 4.78 is 47.9. The maximum Gasteiger partial charge on any atom is 0.350 e. The van der Waals surface area contributed by atoms with Crippen molar-refractivity contribution in [3.8, 4) is 0 Å². The number of hydrogen-bond donors (Lipinski definition) is 0. The van der Waals surface area contributed by atoms with Crippen LogP contribution in [0.15, 0.2) is 0 Å². The van der Waals surface area contributed by atoms with Crippen molar-refractivity contribution in [3.05, 3.63) is 0 Å². The lowest BCUT2D eigenvalue weighted by Crippen LogP contribution is -2.42. The number of rotatable bonds is 4. The zero-order valence-electron chi connectivity index (χ0n) is 8.20. The van der Waals surface area contributed by atoms with E-state index in [1.54, 1.807) is 0 Å². The van der Waals surface area contributed by atoms with Gasteiger partial charge in [-0.05, 0) is 25.2 Å². The Morgan fingerprint density at radius 3 is 2.67 bits per heavy atom. The Hall–Kier alpha value is 0.250. The van der Waals surface area contributed by atoms with Gasteiger partial charge in [-0.25, -0.2) is 8.42 Å². The van der Waals surface area contributed by atoms with Gasteiger partial charge >= 0.3 is 5.76 Å². The molecular weight excluding hydrogens is 292 g/mol. The van der Waals surface area contributed by atoms with Crippen LogP contribution in [-0.4, -0.2) is 36.9 Å². The predicted molar refractivity (Wildman–Crippen MR) is 57.6 cm³/mol. The molecule has 1 saturated heterocycles. The lowest BCUT2D eigenvalue weighted by Gasteiger charge is -2.31. The molecule has 1 rings (SSSR count). The van der Waals surface area contributed by atoms with Crippen molar-refractivity contribution in [1.29, 1.82) is 0 Å². The summed E-state index contributed by atoms with van der Waals surface area (Å²) in [5.41, 5.74) is 0. The van der Waals surface area contributed by atoms with Crippen molar-refractivity contribution in [3.63, 3.8) is 0 Å². The van der Waals surface area contributed by atoms with Gasteiger partial charge in [-0.1, -0.05) is 15.9 Å². The second-order valence-electron chi connectivity index (χ2n) is 3.65. The molecule has 3 nitrogen and oxygen atoms in total. The topological polar surface area (TPSA) is 37.4 Å². The van der Waals surface area contributed by atoms with Crippen molar-refractivity contribution in [2.75, 3.05) is 18.4 Å². The lowest BCUT2D eigenvalue weighted by molar-refractivity contribution is 0.200. The van der Waals surface area contributed by atoms with Gasteiger partial charge in [0.2, 0.25) is 0 Å². The van der Waals surface area contributed by atoms with Crippen LogP contribution < -0.4 is 0 Å². The fourth-order valence-corrected chi connectivity index (χ4v) is 3.44. The molecule has 0 amide bonds. The number of alkyl halides is 3. The first-order valence-corrected chi connectivity index (χ1v) is 7.44. The molecule has 1 atom stereocenters. The molecule has 90 valence electrons. The van der Waals surface area contributed by atoms with E-state index in [0.29, 0.717) is 6.42 Å².